The summed E-state index contributed by atoms with van der Waals surface area (Å²) >= 11 is 0. The van der Waals surface area contributed by atoms with Crippen molar-refractivity contribution in [3.8, 4) is 28.5 Å². The van der Waals surface area contributed by atoms with E-state index in [-0.39, 0.29) is 5.91 Å². The van der Waals surface area contributed by atoms with E-state index < -0.39 is 0 Å². The van der Waals surface area contributed by atoms with Crippen LogP contribution in [0.4, 0.5) is 0 Å². The van der Waals surface area contributed by atoms with Crippen molar-refractivity contribution in [1.82, 2.24) is 20.3 Å². The van der Waals surface area contributed by atoms with Gasteiger partial charge in [0.05, 0.1) is 29.4 Å². The minimum absolute atomic E-state index is 0.137. The summed E-state index contributed by atoms with van der Waals surface area (Å²) in [5.41, 5.74) is 3.06. The Morgan fingerprint density at radius 3 is 2.14 bits per heavy atom. The highest BCUT2D eigenvalue weighted by Gasteiger charge is 2.09. The molecule has 0 bridgehead atoms. The normalized spacial score (nSPS) is 10.3. The van der Waals surface area contributed by atoms with Gasteiger partial charge < -0.3 is 10.1 Å². The number of nitrogens with zero attached hydrogens (tertiary/aromatic N) is 3. The van der Waals surface area contributed by atoms with Crippen LogP contribution in [0.2, 0.25) is 0 Å². The van der Waals surface area contributed by atoms with Gasteiger partial charge in [-0.2, -0.15) is 0 Å². The van der Waals surface area contributed by atoms with Crippen LogP contribution in [0.15, 0.2) is 73.6 Å². The first-order valence-electron chi connectivity index (χ1n) is 9.64. The van der Waals surface area contributed by atoms with Crippen LogP contribution in [0.3, 0.4) is 0 Å². The third kappa shape index (κ3) is 6.24. The Balaban J connectivity index is 1.65. The molecule has 0 aromatic carbocycles. The van der Waals surface area contributed by atoms with Crippen molar-refractivity contribution in [3.63, 3.8) is 0 Å². The quantitative estimate of drug-likeness (QED) is 0.419. The Kier molecular flexibility index (Phi) is 7.46. The van der Waals surface area contributed by atoms with Gasteiger partial charge in [0.15, 0.2) is 0 Å². The third-order valence-electron chi connectivity index (χ3n) is 4.23. The molecule has 1 amide bonds. The van der Waals surface area contributed by atoms with Gasteiger partial charge >= 0.3 is 0 Å². The fourth-order valence-corrected chi connectivity index (χ4v) is 2.76. The minimum atomic E-state index is -0.137. The molecule has 3 aromatic rings. The van der Waals surface area contributed by atoms with Gasteiger partial charge in [-0.25, -0.2) is 4.98 Å². The molecule has 0 saturated carbocycles. The molecule has 1 N–H and O–H groups in total. The summed E-state index contributed by atoms with van der Waals surface area (Å²) in [4.78, 5) is 24.6. The predicted octanol–water partition coefficient (Wildman–Crippen LogP) is 4.06. The fourth-order valence-electron chi connectivity index (χ4n) is 2.76. The van der Waals surface area contributed by atoms with Gasteiger partial charge in [-0.15, -0.1) is 0 Å². The van der Waals surface area contributed by atoms with Crippen molar-refractivity contribution in [2.24, 2.45) is 0 Å². The number of hydrogen-bond acceptors (Lipinski definition) is 5. The first-order valence-corrected chi connectivity index (χ1v) is 9.64. The molecule has 6 nitrogen and oxygen atoms in total. The molecule has 0 atom stereocenters. The Bertz CT molecular complexity index is 872. The molecule has 0 radical (unpaired) electrons. The highest BCUT2D eigenvalue weighted by atomic mass is 16.5. The number of unbranched alkanes of at least 4 members (excludes halogenated alkanes) is 2. The zero-order valence-electron chi connectivity index (χ0n) is 16.3. The van der Waals surface area contributed by atoms with Crippen molar-refractivity contribution in [1.29, 1.82) is 0 Å². The lowest BCUT2D eigenvalue weighted by Gasteiger charge is -2.10. The highest BCUT2D eigenvalue weighted by Crippen LogP contribution is 2.26. The lowest BCUT2D eigenvalue weighted by Crippen LogP contribution is -2.21. The summed E-state index contributed by atoms with van der Waals surface area (Å²) in [6.07, 6.45) is 7.53. The van der Waals surface area contributed by atoms with Crippen LogP contribution in [-0.2, 0) is 4.79 Å². The fraction of sp³-hybridized carbons (Fsp3) is 0.217. The Labute approximate surface area is 170 Å². The van der Waals surface area contributed by atoms with Crippen LogP contribution in [0.1, 0.15) is 19.3 Å². The van der Waals surface area contributed by atoms with E-state index >= 15 is 0 Å². The van der Waals surface area contributed by atoms with Crippen LogP contribution in [0.5, 0.6) is 5.75 Å². The molecule has 0 fully saturated rings. The van der Waals surface area contributed by atoms with Crippen LogP contribution in [0.25, 0.3) is 22.8 Å². The SMILES string of the molecule is C=CC(=O)NCCCCCOc1cc(-c2ccccn2)nc(-c2ccccn2)c1. The maximum absolute atomic E-state index is 11.1. The van der Waals surface area contributed by atoms with Gasteiger partial charge in [0, 0.05) is 31.1 Å². The van der Waals surface area contributed by atoms with E-state index in [1.807, 2.05) is 48.5 Å². The van der Waals surface area contributed by atoms with Gasteiger partial charge in [0.2, 0.25) is 5.91 Å². The largest absolute Gasteiger partial charge is 0.493 e. The van der Waals surface area contributed by atoms with Crippen molar-refractivity contribution < 1.29 is 9.53 Å². The average Bonchev–Trinajstić information content (AvgIpc) is 2.79. The highest BCUT2D eigenvalue weighted by molar-refractivity contribution is 5.86. The molecule has 0 aliphatic carbocycles. The first kappa shape index (κ1) is 20.2. The molecule has 0 saturated heterocycles. The molecular formula is C23H24N4O2. The molecule has 0 aliphatic rings. The topological polar surface area (TPSA) is 77.0 Å². The van der Waals surface area contributed by atoms with E-state index in [2.05, 4.69) is 21.9 Å². The third-order valence-corrected chi connectivity index (χ3v) is 4.23. The van der Waals surface area contributed by atoms with E-state index in [1.165, 1.54) is 6.08 Å². The standard InChI is InChI=1S/C23H24N4O2/c1-2-23(28)26-14-6-3-9-15-29-18-16-21(19-10-4-7-12-24-19)27-22(17-18)20-11-5-8-13-25-20/h2,4-5,7-8,10-13,16-17H,1,3,6,9,14-15H2,(H,26,28). The lowest BCUT2D eigenvalue weighted by atomic mass is 10.2. The summed E-state index contributed by atoms with van der Waals surface area (Å²) in [6, 6.07) is 15.3. The Morgan fingerprint density at radius 1 is 0.931 bits per heavy atom. The molecule has 0 unspecified atom stereocenters. The molecule has 29 heavy (non-hydrogen) atoms. The number of rotatable bonds is 10. The molecule has 3 rings (SSSR count). The molecule has 3 heterocycles. The summed E-state index contributed by atoms with van der Waals surface area (Å²) in [7, 11) is 0. The summed E-state index contributed by atoms with van der Waals surface area (Å²) in [5, 5.41) is 2.77. The maximum Gasteiger partial charge on any atom is 0.243 e. The van der Waals surface area contributed by atoms with E-state index in [4.69, 9.17) is 9.72 Å². The number of amides is 1. The van der Waals surface area contributed by atoms with E-state index in [0.29, 0.717) is 13.2 Å². The van der Waals surface area contributed by atoms with Crippen molar-refractivity contribution in [2.75, 3.05) is 13.2 Å². The molecule has 148 valence electrons. The summed E-state index contributed by atoms with van der Waals surface area (Å²) < 4.78 is 5.98. The Hall–Kier alpha value is -3.54. The molecular weight excluding hydrogens is 364 g/mol. The number of carbonyl (C=O) groups is 1. The second kappa shape index (κ2) is 10.7. The van der Waals surface area contributed by atoms with Crippen LogP contribution < -0.4 is 10.1 Å². The van der Waals surface area contributed by atoms with E-state index in [0.717, 1.165) is 47.8 Å². The van der Waals surface area contributed by atoms with Crippen molar-refractivity contribution in [3.05, 3.63) is 73.6 Å². The molecule has 6 heteroatoms. The van der Waals surface area contributed by atoms with E-state index in [1.54, 1.807) is 12.4 Å². The number of carbonyl (C=O) groups excluding carboxylic acids is 1. The predicted molar refractivity (Wildman–Crippen MR) is 113 cm³/mol. The zero-order valence-corrected chi connectivity index (χ0v) is 16.3. The molecule has 3 aromatic heterocycles. The number of ether oxygens (including phenoxy) is 1. The summed E-state index contributed by atoms with van der Waals surface area (Å²) in [6.45, 7) is 4.67. The minimum Gasteiger partial charge on any atom is -0.493 e. The number of aromatic nitrogens is 3. The monoisotopic (exact) mass is 388 g/mol. The van der Waals surface area contributed by atoms with Gasteiger partial charge in [0.25, 0.3) is 0 Å². The first-order chi connectivity index (χ1) is 14.3. The second-order valence-corrected chi connectivity index (χ2v) is 6.41. The maximum atomic E-state index is 11.1. The molecule has 0 aliphatic heterocycles. The van der Waals surface area contributed by atoms with Crippen LogP contribution in [0, 0.1) is 0 Å². The number of pyridine rings is 3. The van der Waals surface area contributed by atoms with Gasteiger partial charge in [-0.3, -0.25) is 14.8 Å². The van der Waals surface area contributed by atoms with Crippen molar-refractivity contribution in [2.45, 2.75) is 19.3 Å². The summed E-state index contributed by atoms with van der Waals surface area (Å²) in [5.74, 6) is 0.600. The van der Waals surface area contributed by atoms with Crippen LogP contribution >= 0.6 is 0 Å². The zero-order chi connectivity index (χ0) is 20.3. The lowest BCUT2D eigenvalue weighted by molar-refractivity contribution is -0.116. The number of nitrogens with one attached hydrogen (secondary N) is 1. The second-order valence-electron chi connectivity index (χ2n) is 6.41. The van der Waals surface area contributed by atoms with Crippen molar-refractivity contribution >= 4 is 5.91 Å². The van der Waals surface area contributed by atoms with Gasteiger partial charge in [-0.05, 0) is 49.6 Å². The number of hydrogen-bond donors (Lipinski definition) is 1. The Morgan fingerprint density at radius 2 is 1.59 bits per heavy atom. The smallest absolute Gasteiger partial charge is 0.243 e. The molecule has 0 spiro atoms. The van der Waals surface area contributed by atoms with Gasteiger partial charge in [-0.1, -0.05) is 18.7 Å². The average molecular weight is 388 g/mol. The van der Waals surface area contributed by atoms with Crippen LogP contribution in [-0.4, -0.2) is 34.0 Å². The van der Waals surface area contributed by atoms with E-state index in [9.17, 15) is 4.79 Å². The van der Waals surface area contributed by atoms with Gasteiger partial charge in [0.1, 0.15) is 5.75 Å².